The van der Waals surface area contributed by atoms with Gasteiger partial charge in [-0.15, -0.1) is 0 Å². The zero-order valence-corrected chi connectivity index (χ0v) is 6.58. The number of hydrogen-bond donors (Lipinski definition) is 0. The molecule has 0 aliphatic carbocycles. The van der Waals surface area contributed by atoms with E-state index in [2.05, 4.69) is 9.97 Å². The van der Waals surface area contributed by atoms with Gasteiger partial charge in [0.05, 0.1) is 5.02 Å². The molecule has 0 bridgehead atoms. The van der Waals surface area contributed by atoms with Crippen LogP contribution >= 0.6 is 11.6 Å². The molecule has 2 heterocycles. The first kappa shape index (κ1) is 7.24. The number of rotatable bonds is 0. The van der Waals surface area contributed by atoms with Gasteiger partial charge in [0.15, 0.2) is 0 Å². The number of halogens is 1. The van der Waals surface area contributed by atoms with Crippen LogP contribution in [0.3, 0.4) is 0 Å². The van der Waals surface area contributed by atoms with Crippen molar-refractivity contribution in [3.8, 4) is 0 Å². The van der Waals surface area contributed by atoms with Gasteiger partial charge in [-0.3, -0.25) is 0 Å². The van der Waals surface area contributed by atoms with E-state index in [4.69, 9.17) is 16.0 Å². The highest BCUT2D eigenvalue weighted by Gasteiger charge is 1.99. The summed E-state index contributed by atoms with van der Waals surface area (Å²) in [4.78, 5) is 18.2. The van der Waals surface area contributed by atoms with Crippen molar-refractivity contribution in [2.24, 2.45) is 0 Å². The summed E-state index contributed by atoms with van der Waals surface area (Å²) in [6.45, 7) is 0. The van der Waals surface area contributed by atoms with Crippen LogP contribution in [-0.4, -0.2) is 9.97 Å². The van der Waals surface area contributed by atoms with Gasteiger partial charge in [0.1, 0.15) is 11.7 Å². The maximum atomic E-state index is 10.7. The van der Waals surface area contributed by atoms with Crippen molar-refractivity contribution in [2.45, 2.75) is 0 Å². The Morgan fingerprint density at radius 2 is 2.17 bits per heavy atom. The highest BCUT2D eigenvalue weighted by Crippen LogP contribution is 2.11. The molecule has 0 amide bonds. The van der Waals surface area contributed by atoms with E-state index < -0.39 is 5.63 Å². The molecule has 2 rings (SSSR count). The summed E-state index contributed by atoms with van der Waals surface area (Å²) >= 11 is 5.64. The molecule has 0 saturated carbocycles. The molecule has 0 unspecified atom stereocenters. The van der Waals surface area contributed by atoms with E-state index in [-0.39, 0.29) is 5.71 Å². The smallest absolute Gasteiger partial charge is 0.356 e. The summed E-state index contributed by atoms with van der Waals surface area (Å²) in [6, 6.07) is 1.58. The van der Waals surface area contributed by atoms with Crippen LogP contribution in [0, 0.1) is 0 Å². The molecule has 0 aliphatic heterocycles. The van der Waals surface area contributed by atoms with Crippen molar-refractivity contribution in [3.63, 3.8) is 0 Å². The summed E-state index contributed by atoms with van der Waals surface area (Å²) in [5.41, 5.74) is 0.159. The molecule has 2 aromatic rings. The molecule has 12 heavy (non-hydrogen) atoms. The fraction of sp³-hybridized carbons (Fsp3) is 0. The monoisotopic (exact) mass is 182 g/mol. The number of fused-ring (bicyclic) bond motifs is 1. The number of hydrogen-bond acceptors (Lipinski definition) is 4. The summed E-state index contributed by atoms with van der Waals surface area (Å²) in [5.74, 6) is 0. The van der Waals surface area contributed by atoms with E-state index >= 15 is 0 Å². The minimum Gasteiger partial charge on any atom is -0.401 e. The van der Waals surface area contributed by atoms with Gasteiger partial charge in [-0.05, 0) is 6.07 Å². The summed E-state index contributed by atoms with van der Waals surface area (Å²) in [6.07, 6.45) is 2.48. The van der Waals surface area contributed by atoms with E-state index in [1.54, 1.807) is 6.07 Å². The Balaban J connectivity index is 2.87. The molecule has 0 saturated heterocycles. The van der Waals surface area contributed by atoms with Gasteiger partial charge in [0.25, 0.3) is 0 Å². The Bertz CT molecular complexity index is 480. The zero-order valence-electron chi connectivity index (χ0n) is 5.82. The molecule has 4 nitrogen and oxygen atoms in total. The molecule has 0 atom stereocenters. The highest BCUT2D eigenvalue weighted by atomic mass is 35.5. The second-order valence-corrected chi connectivity index (χ2v) is 2.59. The van der Waals surface area contributed by atoms with Gasteiger partial charge in [0.2, 0.25) is 5.71 Å². The Hall–Kier alpha value is -1.42. The van der Waals surface area contributed by atoms with Crippen LogP contribution in [0.25, 0.3) is 11.2 Å². The van der Waals surface area contributed by atoms with Crippen molar-refractivity contribution in [1.29, 1.82) is 0 Å². The van der Waals surface area contributed by atoms with Gasteiger partial charge in [-0.1, -0.05) is 11.6 Å². The second kappa shape index (κ2) is 2.57. The minimum atomic E-state index is -0.516. The fourth-order valence-electron chi connectivity index (χ4n) is 0.831. The molecule has 0 aliphatic rings. The average Bonchev–Trinajstić information content (AvgIpc) is 2.05. The maximum absolute atomic E-state index is 10.7. The van der Waals surface area contributed by atoms with Crippen LogP contribution in [0.15, 0.2) is 27.7 Å². The first-order valence-corrected chi connectivity index (χ1v) is 3.55. The molecule has 5 heteroatoms. The number of nitrogens with zero attached hydrogens (tertiary/aromatic N) is 2. The fourth-order valence-corrected chi connectivity index (χ4v) is 0.983. The normalized spacial score (nSPS) is 10.4. The molecule has 0 N–H and O–H groups in total. The van der Waals surface area contributed by atoms with Crippen molar-refractivity contribution >= 4 is 22.8 Å². The Morgan fingerprint density at radius 3 is 3.00 bits per heavy atom. The van der Waals surface area contributed by atoms with Crippen LogP contribution in [0.4, 0.5) is 0 Å². The molecule has 0 spiro atoms. The summed E-state index contributed by atoms with van der Waals surface area (Å²) in [5, 5.41) is 0.462. The molecular weight excluding hydrogens is 180 g/mol. The lowest BCUT2D eigenvalue weighted by atomic mass is 10.4. The standard InChI is InChI=1S/C7H3ClN2O2/c8-4-1-5-7(10-2-4)12-6(11)3-9-5/h1-3H. The first-order valence-electron chi connectivity index (χ1n) is 3.17. The van der Waals surface area contributed by atoms with Crippen LogP contribution in [0.2, 0.25) is 5.02 Å². The largest absolute Gasteiger partial charge is 0.401 e. The van der Waals surface area contributed by atoms with Crippen molar-refractivity contribution in [2.75, 3.05) is 0 Å². The lowest BCUT2D eigenvalue weighted by Crippen LogP contribution is -1.98. The van der Waals surface area contributed by atoms with Crippen molar-refractivity contribution in [1.82, 2.24) is 9.97 Å². The van der Waals surface area contributed by atoms with Crippen molar-refractivity contribution in [3.05, 3.63) is 33.9 Å². The quantitative estimate of drug-likeness (QED) is 0.615. The Morgan fingerprint density at radius 1 is 1.33 bits per heavy atom. The molecule has 2 aromatic heterocycles. The third kappa shape index (κ3) is 1.16. The average molecular weight is 183 g/mol. The van der Waals surface area contributed by atoms with Crippen LogP contribution < -0.4 is 5.63 Å². The van der Waals surface area contributed by atoms with Gasteiger partial charge in [-0.2, -0.15) is 0 Å². The predicted molar refractivity (Wildman–Crippen MR) is 43.1 cm³/mol. The van der Waals surface area contributed by atoms with Crippen LogP contribution in [0.1, 0.15) is 0 Å². The SMILES string of the molecule is O=c1cnc2cc(Cl)cnc2o1. The van der Waals surface area contributed by atoms with Crippen LogP contribution in [-0.2, 0) is 0 Å². The third-order valence-electron chi connectivity index (χ3n) is 1.31. The van der Waals surface area contributed by atoms with E-state index in [1.165, 1.54) is 6.20 Å². The van der Waals surface area contributed by atoms with Crippen molar-refractivity contribution < 1.29 is 4.42 Å². The third-order valence-corrected chi connectivity index (χ3v) is 1.51. The lowest BCUT2D eigenvalue weighted by Gasteiger charge is -1.92. The van der Waals surface area contributed by atoms with E-state index in [0.717, 1.165) is 6.20 Å². The maximum Gasteiger partial charge on any atom is 0.356 e. The van der Waals surface area contributed by atoms with E-state index in [1.807, 2.05) is 0 Å². The van der Waals surface area contributed by atoms with Crippen LogP contribution in [0.5, 0.6) is 0 Å². The zero-order chi connectivity index (χ0) is 8.55. The first-order chi connectivity index (χ1) is 5.75. The topological polar surface area (TPSA) is 56.0 Å². The Kier molecular flexibility index (Phi) is 1.55. The summed E-state index contributed by atoms with van der Waals surface area (Å²) in [7, 11) is 0. The van der Waals surface area contributed by atoms with Gasteiger partial charge in [0, 0.05) is 6.20 Å². The predicted octanol–water partition coefficient (Wildman–Crippen LogP) is 1.24. The molecule has 60 valence electrons. The lowest BCUT2D eigenvalue weighted by molar-refractivity contribution is 0.543. The molecule has 0 radical (unpaired) electrons. The Labute approximate surface area is 71.8 Å². The minimum absolute atomic E-state index is 0.201. The molecular formula is C7H3ClN2O2. The van der Waals surface area contributed by atoms with E-state index in [0.29, 0.717) is 10.5 Å². The number of aromatic nitrogens is 2. The summed E-state index contributed by atoms with van der Waals surface area (Å²) < 4.78 is 4.73. The highest BCUT2D eigenvalue weighted by molar-refractivity contribution is 6.30. The van der Waals surface area contributed by atoms with Gasteiger partial charge < -0.3 is 4.42 Å². The van der Waals surface area contributed by atoms with E-state index in [9.17, 15) is 4.79 Å². The number of pyridine rings is 1. The van der Waals surface area contributed by atoms with Gasteiger partial charge in [-0.25, -0.2) is 14.8 Å². The molecule has 0 aromatic carbocycles. The second-order valence-electron chi connectivity index (χ2n) is 2.16. The molecule has 0 fully saturated rings. The van der Waals surface area contributed by atoms with Gasteiger partial charge >= 0.3 is 5.63 Å².